The normalized spacial score (nSPS) is 25.9. The van der Waals surface area contributed by atoms with Crippen molar-refractivity contribution in [3.8, 4) is 0 Å². The standard InChI is InChI=1S/C12H17ClN2/c1-8-5-9(2)15(7-8)12-4-3-10(14)6-11(12)13/h3-4,6,8-9H,5,7,14H2,1-2H3. The lowest BCUT2D eigenvalue weighted by Crippen LogP contribution is -2.26. The number of rotatable bonds is 1. The first-order valence-electron chi connectivity index (χ1n) is 5.39. The zero-order chi connectivity index (χ0) is 11.0. The van der Waals surface area contributed by atoms with Crippen molar-refractivity contribution in [2.45, 2.75) is 26.3 Å². The minimum atomic E-state index is 0.570. The van der Waals surface area contributed by atoms with Gasteiger partial charge in [0.1, 0.15) is 0 Å². The number of hydrogen-bond acceptors (Lipinski definition) is 2. The van der Waals surface area contributed by atoms with Gasteiger partial charge in [-0.3, -0.25) is 0 Å². The largest absolute Gasteiger partial charge is 0.399 e. The zero-order valence-electron chi connectivity index (χ0n) is 9.20. The summed E-state index contributed by atoms with van der Waals surface area (Å²) in [6.45, 7) is 5.61. The number of nitrogens with two attached hydrogens (primary N) is 1. The molecule has 82 valence electrons. The number of hydrogen-bond donors (Lipinski definition) is 1. The van der Waals surface area contributed by atoms with Crippen LogP contribution in [-0.2, 0) is 0 Å². The highest BCUT2D eigenvalue weighted by Crippen LogP contribution is 2.34. The molecule has 0 aliphatic carbocycles. The maximum atomic E-state index is 6.20. The topological polar surface area (TPSA) is 29.3 Å². The van der Waals surface area contributed by atoms with E-state index in [4.69, 9.17) is 17.3 Å². The molecule has 0 radical (unpaired) electrons. The summed E-state index contributed by atoms with van der Waals surface area (Å²) in [5, 5.41) is 0.760. The van der Waals surface area contributed by atoms with Gasteiger partial charge in [0.15, 0.2) is 0 Å². The molecule has 0 saturated carbocycles. The minimum absolute atomic E-state index is 0.570. The number of anilines is 2. The third kappa shape index (κ3) is 2.05. The lowest BCUT2D eigenvalue weighted by Gasteiger charge is -2.25. The second-order valence-electron chi connectivity index (χ2n) is 4.55. The molecule has 1 aliphatic heterocycles. The summed E-state index contributed by atoms with van der Waals surface area (Å²) in [6.07, 6.45) is 1.24. The van der Waals surface area contributed by atoms with E-state index in [1.54, 1.807) is 0 Å². The summed E-state index contributed by atoms with van der Waals surface area (Å²) in [4.78, 5) is 2.37. The Morgan fingerprint density at radius 2 is 2.13 bits per heavy atom. The summed E-state index contributed by atoms with van der Waals surface area (Å²) >= 11 is 6.20. The van der Waals surface area contributed by atoms with Crippen molar-refractivity contribution in [3.63, 3.8) is 0 Å². The quantitative estimate of drug-likeness (QED) is 0.743. The fourth-order valence-electron chi connectivity index (χ4n) is 2.39. The van der Waals surface area contributed by atoms with Gasteiger partial charge in [0.05, 0.1) is 10.7 Å². The van der Waals surface area contributed by atoms with E-state index in [2.05, 4.69) is 18.7 Å². The Balaban J connectivity index is 2.29. The number of nitrogen functional groups attached to an aromatic ring is 1. The Hall–Kier alpha value is -0.890. The maximum Gasteiger partial charge on any atom is 0.0660 e. The Bertz CT molecular complexity index is 365. The van der Waals surface area contributed by atoms with Gasteiger partial charge in [-0.05, 0) is 37.5 Å². The molecule has 2 rings (SSSR count). The van der Waals surface area contributed by atoms with Crippen LogP contribution in [0.5, 0.6) is 0 Å². The first-order valence-corrected chi connectivity index (χ1v) is 5.77. The molecule has 1 aliphatic rings. The van der Waals surface area contributed by atoms with E-state index in [0.29, 0.717) is 6.04 Å². The Morgan fingerprint density at radius 1 is 1.40 bits per heavy atom. The summed E-state index contributed by atoms with van der Waals surface area (Å²) in [6, 6.07) is 6.33. The molecule has 1 heterocycles. The molecule has 2 atom stereocenters. The number of benzene rings is 1. The van der Waals surface area contributed by atoms with Crippen LogP contribution in [-0.4, -0.2) is 12.6 Å². The summed E-state index contributed by atoms with van der Waals surface area (Å²) in [5.41, 5.74) is 7.52. The van der Waals surface area contributed by atoms with Gasteiger partial charge >= 0.3 is 0 Å². The number of halogens is 1. The Labute approximate surface area is 96.0 Å². The van der Waals surface area contributed by atoms with Gasteiger partial charge in [-0.15, -0.1) is 0 Å². The van der Waals surface area contributed by atoms with Crippen LogP contribution >= 0.6 is 11.6 Å². The SMILES string of the molecule is CC1CC(C)N(c2ccc(N)cc2Cl)C1. The van der Waals surface area contributed by atoms with Gasteiger partial charge in [-0.25, -0.2) is 0 Å². The molecular weight excluding hydrogens is 208 g/mol. The van der Waals surface area contributed by atoms with Gasteiger partial charge in [0.25, 0.3) is 0 Å². The van der Waals surface area contributed by atoms with Gasteiger partial charge in [0, 0.05) is 18.3 Å². The Kier molecular flexibility index (Phi) is 2.79. The summed E-state index contributed by atoms with van der Waals surface area (Å²) in [5.74, 6) is 0.744. The molecule has 2 unspecified atom stereocenters. The van der Waals surface area contributed by atoms with Crippen molar-refractivity contribution < 1.29 is 0 Å². The van der Waals surface area contributed by atoms with Crippen LogP contribution in [0.1, 0.15) is 20.3 Å². The fourth-order valence-corrected chi connectivity index (χ4v) is 2.69. The van der Waals surface area contributed by atoms with Gasteiger partial charge < -0.3 is 10.6 Å². The van der Waals surface area contributed by atoms with E-state index in [1.165, 1.54) is 6.42 Å². The van der Waals surface area contributed by atoms with Crippen molar-refractivity contribution in [2.24, 2.45) is 5.92 Å². The van der Waals surface area contributed by atoms with Crippen molar-refractivity contribution in [1.29, 1.82) is 0 Å². The summed E-state index contributed by atoms with van der Waals surface area (Å²) in [7, 11) is 0. The Morgan fingerprint density at radius 3 is 2.67 bits per heavy atom. The fraction of sp³-hybridized carbons (Fsp3) is 0.500. The van der Waals surface area contributed by atoms with Crippen molar-refractivity contribution in [1.82, 2.24) is 0 Å². The molecule has 0 bridgehead atoms. The monoisotopic (exact) mass is 224 g/mol. The van der Waals surface area contributed by atoms with E-state index in [-0.39, 0.29) is 0 Å². The first kappa shape index (κ1) is 10.6. The lowest BCUT2D eigenvalue weighted by atomic mass is 10.1. The third-order valence-corrected chi connectivity index (χ3v) is 3.37. The van der Waals surface area contributed by atoms with E-state index in [9.17, 15) is 0 Å². The predicted octanol–water partition coefficient (Wildman–Crippen LogP) is 3.16. The van der Waals surface area contributed by atoms with Gasteiger partial charge in [-0.2, -0.15) is 0 Å². The zero-order valence-corrected chi connectivity index (χ0v) is 9.96. The van der Waals surface area contributed by atoms with Crippen LogP contribution in [0.4, 0.5) is 11.4 Å². The molecule has 0 spiro atoms. The second kappa shape index (κ2) is 3.93. The molecular formula is C12H17ClN2. The lowest BCUT2D eigenvalue weighted by molar-refractivity contribution is 0.625. The highest BCUT2D eigenvalue weighted by molar-refractivity contribution is 6.33. The molecule has 0 amide bonds. The average molecular weight is 225 g/mol. The second-order valence-corrected chi connectivity index (χ2v) is 4.96. The summed E-state index contributed by atoms with van der Waals surface area (Å²) < 4.78 is 0. The van der Waals surface area contributed by atoms with Gasteiger partial charge in [-0.1, -0.05) is 18.5 Å². The van der Waals surface area contributed by atoms with E-state index < -0.39 is 0 Å². The molecule has 0 aromatic heterocycles. The smallest absolute Gasteiger partial charge is 0.0660 e. The highest BCUT2D eigenvalue weighted by atomic mass is 35.5. The van der Waals surface area contributed by atoms with Gasteiger partial charge in [0.2, 0.25) is 0 Å². The van der Waals surface area contributed by atoms with Crippen LogP contribution in [0.2, 0.25) is 5.02 Å². The van der Waals surface area contributed by atoms with E-state index in [0.717, 1.165) is 28.9 Å². The van der Waals surface area contributed by atoms with Crippen LogP contribution < -0.4 is 10.6 Å². The molecule has 1 aromatic carbocycles. The first-order chi connectivity index (χ1) is 7.08. The molecule has 3 heteroatoms. The predicted molar refractivity (Wildman–Crippen MR) is 66.5 cm³/mol. The third-order valence-electron chi connectivity index (χ3n) is 3.07. The molecule has 1 saturated heterocycles. The van der Waals surface area contributed by atoms with Crippen LogP contribution in [0, 0.1) is 5.92 Å². The molecule has 1 aromatic rings. The van der Waals surface area contributed by atoms with Crippen molar-refractivity contribution in [3.05, 3.63) is 23.2 Å². The van der Waals surface area contributed by atoms with E-state index in [1.807, 2.05) is 18.2 Å². The highest BCUT2D eigenvalue weighted by Gasteiger charge is 2.27. The van der Waals surface area contributed by atoms with Crippen LogP contribution in [0.25, 0.3) is 0 Å². The van der Waals surface area contributed by atoms with Crippen molar-refractivity contribution >= 4 is 23.0 Å². The molecule has 1 fully saturated rings. The molecule has 2 N–H and O–H groups in total. The maximum absolute atomic E-state index is 6.20. The average Bonchev–Trinajstić information content (AvgIpc) is 2.45. The van der Waals surface area contributed by atoms with Crippen molar-refractivity contribution in [2.75, 3.05) is 17.2 Å². The van der Waals surface area contributed by atoms with E-state index >= 15 is 0 Å². The van der Waals surface area contributed by atoms with Crippen LogP contribution in [0.15, 0.2) is 18.2 Å². The molecule has 2 nitrogen and oxygen atoms in total. The minimum Gasteiger partial charge on any atom is -0.399 e. The van der Waals surface area contributed by atoms with Crippen LogP contribution in [0.3, 0.4) is 0 Å². The molecule has 15 heavy (non-hydrogen) atoms. The number of nitrogens with zero attached hydrogens (tertiary/aromatic N) is 1.